The second-order valence-electron chi connectivity index (χ2n) is 13.0. The molecule has 0 amide bonds. The number of carbonyl (C=O) groups is 1. The average Bonchev–Trinajstić information content (AvgIpc) is 3.57. The standard InChI is InChI=1S/C39H42Cl2N4O7/c1-25-28(6-3-7-31(25)32-8-4-9-34(37(32)41)50-13-5-11-45-12-10-30(47)21-45)23-52-36-16-35(51-22-27-14-26(17-42)18-43-19-27)29(15-33(36)40)20-44-39(2,24-46)38(48)49/h3-4,6-9,14-16,18-19,30,44,46-47H,5,10-13,20-24H2,1-2H3,(H,48,49). The van der Waals surface area contributed by atoms with Crippen molar-refractivity contribution in [3.63, 3.8) is 0 Å². The summed E-state index contributed by atoms with van der Waals surface area (Å²) in [5, 5.41) is 42.1. The van der Waals surface area contributed by atoms with Crippen LogP contribution in [0, 0.1) is 18.3 Å². The van der Waals surface area contributed by atoms with E-state index in [4.69, 9.17) is 37.4 Å². The zero-order valence-corrected chi connectivity index (χ0v) is 30.6. The summed E-state index contributed by atoms with van der Waals surface area (Å²) >= 11 is 13.6. The van der Waals surface area contributed by atoms with E-state index in [1.54, 1.807) is 24.4 Å². The first kappa shape index (κ1) is 38.8. The number of hydrogen-bond acceptors (Lipinski definition) is 10. The van der Waals surface area contributed by atoms with Gasteiger partial charge in [0.15, 0.2) is 0 Å². The molecular formula is C39H42Cl2N4O7. The minimum absolute atomic E-state index is 0.0163. The van der Waals surface area contributed by atoms with Crippen LogP contribution in [0.5, 0.6) is 17.2 Å². The number of likely N-dealkylation sites (tertiary alicyclic amines) is 1. The number of aliphatic hydroxyl groups excluding tert-OH is 2. The molecule has 1 aromatic heterocycles. The van der Waals surface area contributed by atoms with Crippen LogP contribution in [0.25, 0.3) is 11.1 Å². The van der Waals surface area contributed by atoms with Crippen molar-refractivity contribution in [1.82, 2.24) is 15.2 Å². The lowest BCUT2D eigenvalue weighted by molar-refractivity contribution is -0.145. The highest BCUT2D eigenvalue weighted by molar-refractivity contribution is 6.35. The van der Waals surface area contributed by atoms with Gasteiger partial charge in [-0.05, 0) is 61.6 Å². The molecule has 1 fully saturated rings. The molecule has 11 nitrogen and oxygen atoms in total. The van der Waals surface area contributed by atoms with Gasteiger partial charge in [-0.2, -0.15) is 5.26 Å². The molecule has 2 unspecified atom stereocenters. The number of hydrogen-bond donors (Lipinski definition) is 4. The smallest absolute Gasteiger partial charge is 0.326 e. The Morgan fingerprint density at radius 1 is 1.04 bits per heavy atom. The fraction of sp³-hybridized carbons (Fsp3) is 0.359. The van der Waals surface area contributed by atoms with E-state index in [1.807, 2.05) is 43.3 Å². The monoisotopic (exact) mass is 748 g/mol. The number of pyridine rings is 1. The highest BCUT2D eigenvalue weighted by atomic mass is 35.5. The highest BCUT2D eigenvalue weighted by Gasteiger charge is 2.32. The maximum absolute atomic E-state index is 11.8. The Bertz CT molecular complexity index is 1920. The normalized spacial score (nSPS) is 15.5. The highest BCUT2D eigenvalue weighted by Crippen LogP contribution is 2.39. The maximum Gasteiger partial charge on any atom is 0.326 e. The number of aliphatic hydroxyl groups is 2. The minimum Gasteiger partial charge on any atom is -0.492 e. The SMILES string of the molecule is Cc1c(COc2cc(OCc3cncc(C#N)c3)c(CNC(C)(CO)C(=O)O)cc2Cl)cccc1-c1cccc(OCCCN2CCC(O)C2)c1Cl. The molecule has 3 aromatic carbocycles. The fourth-order valence-corrected chi connectivity index (χ4v) is 6.36. The van der Waals surface area contributed by atoms with Gasteiger partial charge in [-0.15, -0.1) is 0 Å². The summed E-state index contributed by atoms with van der Waals surface area (Å²) in [4.78, 5) is 18.1. The van der Waals surface area contributed by atoms with Crippen molar-refractivity contribution in [2.45, 2.75) is 58.1 Å². The van der Waals surface area contributed by atoms with Gasteiger partial charge < -0.3 is 34.4 Å². The van der Waals surface area contributed by atoms with Gasteiger partial charge in [0.2, 0.25) is 0 Å². The van der Waals surface area contributed by atoms with Crippen LogP contribution in [-0.4, -0.2) is 75.7 Å². The first-order valence-corrected chi connectivity index (χ1v) is 17.7. The van der Waals surface area contributed by atoms with Gasteiger partial charge in [-0.25, -0.2) is 0 Å². The van der Waals surface area contributed by atoms with Crippen molar-refractivity contribution in [1.29, 1.82) is 5.26 Å². The number of halogens is 2. The Labute approximate surface area is 313 Å². The second kappa shape index (κ2) is 17.9. The molecule has 0 spiro atoms. The summed E-state index contributed by atoms with van der Waals surface area (Å²) in [6, 6.07) is 18.6. The van der Waals surface area contributed by atoms with E-state index in [9.17, 15) is 25.4 Å². The van der Waals surface area contributed by atoms with E-state index in [0.717, 1.165) is 48.2 Å². The van der Waals surface area contributed by atoms with Crippen LogP contribution in [0.1, 0.15) is 47.6 Å². The van der Waals surface area contributed by atoms with Gasteiger partial charge in [-0.1, -0.05) is 53.5 Å². The third kappa shape index (κ3) is 9.72. The molecule has 1 aliphatic rings. The molecule has 0 saturated carbocycles. The third-order valence-corrected chi connectivity index (χ3v) is 9.78. The number of rotatable bonds is 17. The quantitative estimate of drug-likeness (QED) is 0.0918. The molecule has 0 aliphatic carbocycles. The number of aromatic nitrogens is 1. The van der Waals surface area contributed by atoms with Crippen molar-refractivity contribution in [3.8, 4) is 34.4 Å². The number of nitrogens with zero attached hydrogens (tertiary/aromatic N) is 3. The summed E-state index contributed by atoms with van der Waals surface area (Å²) in [5.74, 6) is 0.103. The largest absolute Gasteiger partial charge is 0.492 e. The van der Waals surface area contributed by atoms with Crippen LogP contribution in [0.3, 0.4) is 0 Å². The molecule has 2 atom stereocenters. The summed E-state index contributed by atoms with van der Waals surface area (Å²) < 4.78 is 18.5. The molecule has 4 N–H and O–H groups in total. The Morgan fingerprint density at radius 3 is 2.54 bits per heavy atom. The number of benzene rings is 3. The predicted octanol–water partition coefficient (Wildman–Crippen LogP) is 6.15. The summed E-state index contributed by atoms with van der Waals surface area (Å²) in [5.41, 5.74) is 3.60. The van der Waals surface area contributed by atoms with Crippen molar-refractivity contribution < 1.29 is 34.3 Å². The third-order valence-electron chi connectivity index (χ3n) is 9.10. The molecule has 13 heteroatoms. The molecule has 5 rings (SSSR count). The minimum atomic E-state index is -1.60. The number of β-amino-alcohol motifs (C(OH)–C–C–N with tert-alkyl or cyclic N) is 1. The van der Waals surface area contributed by atoms with Gasteiger partial charge in [0.25, 0.3) is 0 Å². The number of nitrogens with one attached hydrogen (secondary N) is 1. The topological polar surface area (TPSA) is 157 Å². The molecule has 52 heavy (non-hydrogen) atoms. The molecule has 1 aliphatic heterocycles. The number of aliphatic carboxylic acids is 1. The molecular weight excluding hydrogens is 707 g/mol. The number of nitriles is 1. The van der Waals surface area contributed by atoms with Gasteiger partial charge >= 0.3 is 5.97 Å². The molecule has 274 valence electrons. The maximum atomic E-state index is 11.8. The molecule has 4 aromatic rings. The molecule has 1 saturated heterocycles. The molecule has 2 heterocycles. The molecule has 0 radical (unpaired) electrons. The summed E-state index contributed by atoms with van der Waals surface area (Å²) in [6.07, 6.45) is 4.43. The molecule has 0 bridgehead atoms. The van der Waals surface area contributed by atoms with Crippen LogP contribution in [-0.2, 0) is 24.6 Å². The number of ether oxygens (including phenoxy) is 3. The predicted molar refractivity (Wildman–Crippen MR) is 198 cm³/mol. The number of carboxylic acids is 1. The lowest BCUT2D eigenvalue weighted by Gasteiger charge is -2.25. The van der Waals surface area contributed by atoms with E-state index in [-0.39, 0.29) is 30.9 Å². The Balaban J connectivity index is 1.32. The first-order valence-electron chi connectivity index (χ1n) is 16.9. The van der Waals surface area contributed by atoms with Crippen molar-refractivity contribution >= 4 is 29.2 Å². The van der Waals surface area contributed by atoms with Crippen LogP contribution < -0.4 is 19.5 Å². The van der Waals surface area contributed by atoms with Gasteiger partial charge in [0.1, 0.15) is 42.1 Å². The lowest BCUT2D eigenvalue weighted by atomic mass is 9.96. The van der Waals surface area contributed by atoms with Crippen LogP contribution in [0.2, 0.25) is 10.0 Å². The van der Waals surface area contributed by atoms with Crippen LogP contribution in [0.4, 0.5) is 0 Å². The number of carboxylic acid groups (broad SMARTS) is 1. The summed E-state index contributed by atoms with van der Waals surface area (Å²) in [7, 11) is 0. The van der Waals surface area contributed by atoms with Crippen molar-refractivity contribution in [2.24, 2.45) is 0 Å². The zero-order valence-electron chi connectivity index (χ0n) is 29.1. The first-order chi connectivity index (χ1) is 25.0. The second-order valence-corrected chi connectivity index (χ2v) is 13.7. The summed E-state index contributed by atoms with van der Waals surface area (Å²) in [6.45, 7) is 5.97. The van der Waals surface area contributed by atoms with Crippen molar-refractivity contribution in [3.05, 3.63) is 105 Å². The van der Waals surface area contributed by atoms with Gasteiger partial charge in [-0.3, -0.25) is 15.1 Å². The zero-order chi connectivity index (χ0) is 37.3. The van der Waals surface area contributed by atoms with Gasteiger partial charge in [0.05, 0.1) is 34.9 Å². The Kier molecular flexibility index (Phi) is 13.3. The van der Waals surface area contributed by atoms with E-state index in [1.165, 1.54) is 13.1 Å². The Hall–Kier alpha value is -4.41. The average molecular weight is 750 g/mol. The Morgan fingerprint density at radius 2 is 1.81 bits per heavy atom. The van der Waals surface area contributed by atoms with Gasteiger partial charge in [0, 0.05) is 61.3 Å². The van der Waals surface area contributed by atoms with E-state index in [2.05, 4.69) is 21.3 Å². The van der Waals surface area contributed by atoms with E-state index in [0.29, 0.717) is 52.1 Å². The van der Waals surface area contributed by atoms with E-state index >= 15 is 0 Å². The van der Waals surface area contributed by atoms with E-state index < -0.39 is 18.1 Å². The van der Waals surface area contributed by atoms with Crippen LogP contribution >= 0.6 is 23.2 Å². The fourth-order valence-electron chi connectivity index (χ4n) is 5.84. The lowest BCUT2D eigenvalue weighted by Crippen LogP contribution is -2.52. The van der Waals surface area contributed by atoms with Crippen molar-refractivity contribution in [2.75, 3.05) is 32.8 Å². The van der Waals surface area contributed by atoms with Crippen LogP contribution in [0.15, 0.2) is 67.0 Å².